The zero-order valence-electron chi connectivity index (χ0n) is 10.8. The van der Waals surface area contributed by atoms with Gasteiger partial charge in [-0.3, -0.25) is 4.68 Å². The summed E-state index contributed by atoms with van der Waals surface area (Å²) in [6.07, 6.45) is 4.52. The zero-order chi connectivity index (χ0) is 13.6. The average Bonchev–Trinajstić information content (AvgIpc) is 2.82. The number of rotatable bonds is 8. The number of likely N-dealkylation sites (N-methyl/N-ethyl adjacent to an activating group) is 2. The Morgan fingerprint density at radius 1 is 1.61 bits per heavy atom. The Bertz CT molecular complexity index is 481. The topological polar surface area (TPSA) is 67.2 Å². The summed E-state index contributed by atoms with van der Waals surface area (Å²) >= 11 is 0. The maximum Gasteiger partial charge on any atom is 0.246 e. The first-order chi connectivity index (χ1) is 8.56. The Morgan fingerprint density at radius 3 is 2.89 bits per heavy atom. The predicted molar refractivity (Wildman–Crippen MR) is 70.8 cm³/mol. The summed E-state index contributed by atoms with van der Waals surface area (Å²) in [5, 5.41) is 7.03. The van der Waals surface area contributed by atoms with Gasteiger partial charge in [0, 0.05) is 25.8 Å². The second kappa shape index (κ2) is 6.67. The molecule has 0 atom stereocenters. The van der Waals surface area contributed by atoms with Gasteiger partial charge in [-0.25, -0.2) is 8.42 Å². The summed E-state index contributed by atoms with van der Waals surface area (Å²) in [4.78, 5) is 0.224. The van der Waals surface area contributed by atoms with Gasteiger partial charge in [0.2, 0.25) is 10.0 Å². The second-order valence-corrected chi connectivity index (χ2v) is 5.72. The highest BCUT2D eigenvalue weighted by Gasteiger charge is 2.23. The summed E-state index contributed by atoms with van der Waals surface area (Å²) in [6, 6.07) is 0. The molecule has 0 saturated heterocycles. The van der Waals surface area contributed by atoms with Crippen LogP contribution < -0.4 is 5.32 Å². The molecular weight excluding hydrogens is 252 g/mol. The Morgan fingerprint density at radius 2 is 2.33 bits per heavy atom. The molecule has 18 heavy (non-hydrogen) atoms. The molecule has 0 saturated carbocycles. The van der Waals surface area contributed by atoms with E-state index in [2.05, 4.69) is 17.0 Å². The van der Waals surface area contributed by atoms with E-state index in [0.29, 0.717) is 19.6 Å². The summed E-state index contributed by atoms with van der Waals surface area (Å²) in [5.41, 5.74) is 0. The minimum Gasteiger partial charge on any atom is -0.318 e. The molecule has 1 heterocycles. The maximum atomic E-state index is 12.2. The summed E-state index contributed by atoms with van der Waals surface area (Å²) < 4.78 is 27.5. The van der Waals surface area contributed by atoms with E-state index in [1.807, 2.05) is 7.05 Å². The molecule has 0 unspecified atom stereocenters. The van der Waals surface area contributed by atoms with Gasteiger partial charge in [-0.2, -0.15) is 9.40 Å². The van der Waals surface area contributed by atoms with E-state index >= 15 is 0 Å². The molecule has 0 aliphatic heterocycles. The lowest BCUT2D eigenvalue weighted by molar-refractivity contribution is 0.459. The van der Waals surface area contributed by atoms with Crippen LogP contribution in [0.5, 0.6) is 0 Å². The lowest BCUT2D eigenvalue weighted by atomic mass is 10.6. The van der Waals surface area contributed by atoms with Gasteiger partial charge < -0.3 is 5.32 Å². The Balaban J connectivity index is 2.90. The molecule has 0 aliphatic rings. The molecule has 0 aliphatic carbocycles. The number of hydrogen-bond acceptors (Lipinski definition) is 4. The van der Waals surface area contributed by atoms with E-state index in [9.17, 15) is 8.42 Å². The van der Waals surface area contributed by atoms with Gasteiger partial charge in [-0.1, -0.05) is 13.0 Å². The number of sulfonamides is 1. The van der Waals surface area contributed by atoms with Gasteiger partial charge in [-0.05, 0) is 7.05 Å². The van der Waals surface area contributed by atoms with Crippen LogP contribution in [0.3, 0.4) is 0 Å². The molecule has 0 spiro atoms. The number of aromatic nitrogens is 2. The minimum atomic E-state index is -3.46. The van der Waals surface area contributed by atoms with Gasteiger partial charge in [0.05, 0.1) is 12.7 Å². The van der Waals surface area contributed by atoms with Crippen LogP contribution in [0, 0.1) is 0 Å². The highest BCUT2D eigenvalue weighted by Crippen LogP contribution is 2.14. The molecule has 1 N–H and O–H groups in total. The highest BCUT2D eigenvalue weighted by atomic mass is 32.2. The van der Waals surface area contributed by atoms with Crippen molar-refractivity contribution in [2.45, 2.75) is 18.4 Å². The van der Waals surface area contributed by atoms with Crippen molar-refractivity contribution in [3.05, 3.63) is 25.0 Å². The quantitative estimate of drug-likeness (QED) is 0.691. The summed E-state index contributed by atoms with van der Waals surface area (Å²) in [6.45, 7) is 7.46. The molecule has 0 amide bonds. The fourth-order valence-electron chi connectivity index (χ4n) is 1.52. The van der Waals surface area contributed by atoms with Crippen molar-refractivity contribution in [3.63, 3.8) is 0 Å². The molecule has 7 heteroatoms. The molecule has 1 rings (SSSR count). The first kappa shape index (κ1) is 14.9. The Labute approximate surface area is 108 Å². The average molecular weight is 272 g/mol. The predicted octanol–water partition coefficient (Wildman–Crippen LogP) is 0.299. The molecule has 0 aromatic carbocycles. The SMILES string of the molecule is C=CCN(CC)S(=O)(=O)c1cnn(CCNC)c1. The maximum absolute atomic E-state index is 12.2. The van der Waals surface area contributed by atoms with E-state index < -0.39 is 10.0 Å². The van der Waals surface area contributed by atoms with Crippen molar-refractivity contribution in [3.8, 4) is 0 Å². The van der Waals surface area contributed by atoms with Gasteiger partial charge >= 0.3 is 0 Å². The van der Waals surface area contributed by atoms with Crippen molar-refractivity contribution in [1.82, 2.24) is 19.4 Å². The normalized spacial score (nSPS) is 11.9. The molecular formula is C11H20N4O2S. The van der Waals surface area contributed by atoms with E-state index in [-0.39, 0.29) is 4.90 Å². The van der Waals surface area contributed by atoms with Crippen molar-refractivity contribution in [2.75, 3.05) is 26.7 Å². The van der Waals surface area contributed by atoms with E-state index in [1.54, 1.807) is 23.9 Å². The minimum absolute atomic E-state index is 0.224. The number of hydrogen-bond donors (Lipinski definition) is 1. The molecule has 102 valence electrons. The largest absolute Gasteiger partial charge is 0.318 e. The third kappa shape index (κ3) is 3.41. The highest BCUT2D eigenvalue weighted by molar-refractivity contribution is 7.89. The van der Waals surface area contributed by atoms with Gasteiger partial charge in [0.1, 0.15) is 4.90 Å². The van der Waals surface area contributed by atoms with E-state index in [1.165, 1.54) is 10.5 Å². The van der Waals surface area contributed by atoms with Crippen LogP contribution in [0.4, 0.5) is 0 Å². The molecule has 0 bridgehead atoms. The fourth-order valence-corrected chi connectivity index (χ4v) is 2.89. The lowest BCUT2D eigenvalue weighted by Crippen LogP contribution is -2.30. The van der Waals surface area contributed by atoms with Crippen LogP contribution in [-0.4, -0.2) is 49.2 Å². The van der Waals surface area contributed by atoms with Gasteiger partial charge in [-0.15, -0.1) is 6.58 Å². The second-order valence-electron chi connectivity index (χ2n) is 3.79. The standard InChI is InChI=1S/C11H20N4O2S/c1-4-7-15(5-2)18(16,17)11-9-13-14(10-11)8-6-12-3/h4,9-10,12H,1,5-8H2,2-3H3. The van der Waals surface area contributed by atoms with Crippen molar-refractivity contribution in [2.24, 2.45) is 0 Å². The molecule has 6 nitrogen and oxygen atoms in total. The number of nitrogens with zero attached hydrogens (tertiary/aromatic N) is 3. The van der Waals surface area contributed by atoms with Crippen LogP contribution in [-0.2, 0) is 16.6 Å². The van der Waals surface area contributed by atoms with Gasteiger partial charge in [0.15, 0.2) is 0 Å². The van der Waals surface area contributed by atoms with Gasteiger partial charge in [0.25, 0.3) is 0 Å². The third-order valence-corrected chi connectivity index (χ3v) is 4.42. The molecule has 1 aromatic rings. The molecule has 0 fully saturated rings. The molecule has 1 aromatic heterocycles. The first-order valence-corrected chi connectivity index (χ1v) is 7.28. The summed E-state index contributed by atoms with van der Waals surface area (Å²) in [5.74, 6) is 0. The number of nitrogens with one attached hydrogen (secondary N) is 1. The van der Waals surface area contributed by atoms with E-state index in [0.717, 1.165) is 6.54 Å². The van der Waals surface area contributed by atoms with E-state index in [4.69, 9.17) is 0 Å². The van der Waals surface area contributed by atoms with Crippen molar-refractivity contribution in [1.29, 1.82) is 0 Å². The Hall–Kier alpha value is -1.18. The van der Waals surface area contributed by atoms with Crippen molar-refractivity contribution >= 4 is 10.0 Å². The third-order valence-electron chi connectivity index (χ3n) is 2.52. The van der Waals surface area contributed by atoms with Crippen LogP contribution in [0.15, 0.2) is 29.9 Å². The summed E-state index contributed by atoms with van der Waals surface area (Å²) in [7, 11) is -1.62. The van der Waals surface area contributed by atoms with Crippen LogP contribution in [0.1, 0.15) is 6.92 Å². The zero-order valence-corrected chi connectivity index (χ0v) is 11.7. The first-order valence-electron chi connectivity index (χ1n) is 5.84. The van der Waals surface area contributed by atoms with Crippen LogP contribution in [0.2, 0.25) is 0 Å². The Kier molecular flexibility index (Phi) is 5.52. The van der Waals surface area contributed by atoms with Crippen molar-refractivity contribution < 1.29 is 8.42 Å². The monoisotopic (exact) mass is 272 g/mol. The fraction of sp³-hybridized carbons (Fsp3) is 0.545. The van der Waals surface area contributed by atoms with Crippen LogP contribution in [0.25, 0.3) is 0 Å². The smallest absolute Gasteiger partial charge is 0.246 e. The van der Waals surface area contributed by atoms with Crippen LogP contribution >= 0.6 is 0 Å². The molecule has 0 radical (unpaired) electrons. The lowest BCUT2D eigenvalue weighted by Gasteiger charge is -2.17.